The highest BCUT2D eigenvalue weighted by molar-refractivity contribution is 9.10. The Bertz CT molecular complexity index is 470. The molecule has 1 unspecified atom stereocenters. The minimum absolute atomic E-state index is 0.0994. The van der Waals surface area contributed by atoms with Gasteiger partial charge in [-0.1, -0.05) is 6.07 Å². The number of nitrogens with one attached hydrogen (secondary N) is 1. The summed E-state index contributed by atoms with van der Waals surface area (Å²) in [5.41, 5.74) is 8.38. The van der Waals surface area contributed by atoms with E-state index in [1.54, 1.807) is 0 Å². The highest BCUT2D eigenvalue weighted by Crippen LogP contribution is 2.39. The second-order valence-corrected chi connectivity index (χ2v) is 6.30. The molecule has 98 valence electrons. The fourth-order valence-electron chi connectivity index (χ4n) is 2.19. The van der Waals surface area contributed by atoms with E-state index >= 15 is 0 Å². The fourth-order valence-corrected chi connectivity index (χ4v) is 2.96. The summed E-state index contributed by atoms with van der Waals surface area (Å²) in [6.45, 7) is 5.83. The van der Waals surface area contributed by atoms with E-state index in [0.29, 0.717) is 5.92 Å². The molecule has 3 N–H and O–H groups in total. The summed E-state index contributed by atoms with van der Waals surface area (Å²) in [4.78, 5) is 12.2. The Labute approximate surface area is 116 Å². The standard InChI is InChI=1S/C14H19BrN2O/c1-8-6-9(2)12(11(15)7-8)17-13(18)14(3,16)10-4-5-10/h6-7,10H,4-5,16H2,1-3H3,(H,17,18). The van der Waals surface area contributed by atoms with E-state index in [0.717, 1.165) is 34.1 Å². The van der Waals surface area contributed by atoms with Crippen molar-refractivity contribution in [2.75, 3.05) is 5.32 Å². The zero-order valence-corrected chi connectivity index (χ0v) is 12.6. The Hall–Kier alpha value is -0.870. The first-order valence-corrected chi connectivity index (χ1v) is 6.98. The van der Waals surface area contributed by atoms with Gasteiger partial charge in [-0.3, -0.25) is 4.79 Å². The Morgan fingerprint density at radius 1 is 1.44 bits per heavy atom. The lowest BCUT2D eigenvalue weighted by atomic mass is 9.96. The number of amides is 1. The van der Waals surface area contributed by atoms with Gasteiger partial charge in [0.1, 0.15) is 0 Å². The monoisotopic (exact) mass is 310 g/mol. The molecule has 4 heteroatoms. The molecule has 3 nitrogen and oxygen atoms in total. The van der Waals surface area contributed by atoms with Crippen LogP contribution in [-0.4, -0.2) is 11.4 Å². The topological polar surface area (TPSA) is 55.1 Å². The number of carbonyl (C=O) groups excluding carboxylic acids is 1. The van der Waals surface area contributed by atoms with Crippen molar-refractivity contribution < 1.29 is 4.79 Å². The summed E-state index contributed by atoms with van der Waals surface area (Å²) in [5, 5.41) is 2.96. The van der Waals surface area contributed by atoms with Crippen LogP contribution in [0.1, 0.15) is 30.9 Å². The molecule has 0 heterocycles. The first-order valence-electron chi connectivity index (χ1n) is 6.19. The number of hydrogen-bond donors (Lipinski definition) is 2. The summed E-state index contributed by atoms with van der Waals surface area (Å²) < 4.78 is 0.903. The number of benzene rings is 1. The van der Waals surface area contributed by atoms with Crippen LogP contribution >= 0.6 is 15.9 Å². The number of anilines is 1. The predicted molar refractivity (Wildman–Crippen MR) is 77.6 cm³/mol. The second kappa shape index (κ2) is 4.67. The molecule has 1 fully saturated rings. The maximum absolute atomic E-state index is 12.2. The maximum Gasteiger partial charge on any atom is 0.244 e. The van der Waals surface area contributed by atoms with Crippen LogP contribution in [0.3, 0.4) is 0 Å². The van der Waals surface area contributed by atoms with Crippen molar-refractivity contribution in [1.82, 2.24) is 0 Å². The van der Waals surface area contributed by atoms with Crippen LogP contribution in [0.2, 0.25) is 0 Å². The van der Waals surface area contributed by atoms with Crippen LogP contribution < -0.4 is 11.1 Å². The first-order chi connectivity index (χ1) is 8.32. The molecule has 0 radical (unpaired) electrons. The van der Waals surface area contributed by atoms with Gasteiger partial charge in [0.05, 0.1) is 11.2 Å². The SMILES string of the molecule is Cc1cc(C)c(NC(=O)C(C)(N)C2CC2)c(Br)c1. The van der Waals surface area contributed by atoms with E-state index < -0.39 is 5.54 Å². The number of aryl methyl sites for hydroxylation is 2. The third-order valence-electron chi connectivity index (χ3n) is 3.58. The van der Waals surface area contributed by atoms with Crippen molar-refractivity contribution in [3.8, 4) is 0 Å². The summed E-state index contributed by atoms with van der Waals surface area (Å²) in [5.74, 6) is 0.222. The summed E-state index contributed by atoms with van der Waals surface area (Å²) in [6, 6.07) is 4.04. The van der Waals surface area contributed by atoms with E-state index in [1.807, 2.05) is 32.9 Å². The zero-order chi connectivity index (χ0) is 13.5. The number of carbonyl (C=O) groups is 1. The lowest BCUT2D eigenvalue weighted by Crippen LogP contribution is -2.50. The summed E-state index contributed by atoms with van der Waals surface area (Å²) in [7, 11) is 0. The van der Waals surface area contributed by atoms with Gasteiger partial charge in [0, 0.05) is 4.47 Å². The Morgan fingerprint density at radius 2 is 2.06 bits per heavy atom. The van der Waals surface area contributed by atoms with E-state index in [2.05, 4.69) is 21.2 Å². The molecule has 1 aliphatic rings. The van der Waals surface area contributed by atoms with Gasteiger partial charge in [-0.2, -0.15) is 0 Å². The van der Waals surface area contributed by atoms with Gasteiger partial charge in [-0.25, -0.2) is 0 Å². The van der Waals surface area contributed by atoms with Crippen LogP contribution in [0.25, 0.3) is 0 Å². The van der Waals surface area contributed by atoms with Crippen molar-refractivity contribution in [1.29, 1.82) is 0 Å². The Morgan fingerprint density at radius 3 is 2.56 bits per heavy atom. The van der Waals surface area contributed by atoms with Crippen molar-refractivity contribution in [3.63, 3.8) is 0 Å². The predicted octanol–water partition coefficient (Wildman–Crippen LogP) is 3.13. The van der Waals surface area contributed by atoms with E-state index in [-0.39, 0.29) is 5.91 Å². The largest absolute Gasteiger partial charge is 0.323 e. The van der Waals surface area contributed by atoms with Gasteiger partial charge in [-0.05, 0) is 72.7 Å². The van der Waals surface area contributed by atoms with E-state index in [1.165, 1.54) is 0 Å². The molecule has 1 aromatic carbocycles. The molecule has 1 aliphatic carbocycles. The molecular weight excluding hydrogens is 292 g/mol. The average Bonchev–Trinajstić information content (AvgIpc) is 3.06. The highest BCUT2D eigenvalue weighted by Gasteiger charge is 2.44. The van der Waals surface area contributed by atoms with Crippen molar-refractivity contribution in [3.05, 3.63) is 27.7 Å². The van der Waals surface area contributed by atoms with Crippen LogP contribution in [0.15, 0.2) is 16.6 Å². The lowest BCUT2D eigenvalue weighted by Gasteiger charge is -2.24. The maximum atomic E-state index is 12.2. The van der Waals surface area contributed by atoms with Gasteiger partial charge >= 0.3 is 0 Å². The number of nitrogens with two attached hydrogens (primary N) is 1. The van der Waals surface area contributed by atoms with Crippen LogP contribution in [0, 0.1) is 19.8 Å². The minimum atomic E-state index is -0.767. The molecule has 0 bridgehead atoms. The zero-order valence-electron chi connectivity index (χ0n) is 11.0. The van der Waals surface area contributed by atoms with Gasteiger partial charge in [0.15, 0.2) is 0 Å². The van der Waals surface area contributed by atoms with Crippen LogP contribution in [-0.2, 0) is 4.79 Å². The smallest absolute Gasteiger partial charge is 0.244 e. The fraction of sp³-hybridized carbons (Fsp3) is 0.500. The molecule has 0 saturated heterocycles. The van der Waals surface area contributed by atoms with Crippen molar-refractivity contribution >= 4 is 27.5 Å². The summed E-state index contributed by atoms with van der Waals surface area (Å²) in [6.07, 6.45) is 2.10. The number of hydrogen-bond acceptors (Lipinski definition) is 2. The molecular formula is C14H19BrN2O. The Kier molecular flexibility index (Phi) is 3.52. The van der Waals surface area contributed by atoms with Gasteiger partial charge in [0.2, 0.25) is 5.91 Å². The van der Waals surface area contributed by atoms with Crippen molar-refractivity contribution in [2.24, 2.45) is 11.7 Å². The van der Waals surface area contributed by atoms with Gasteiger partial charge in [0.25, 0.3) is 0 Å². The third-order valence-corrected chi connectivity index (χ3v) is 4.21. The summed E-state index contributed by atoms with van der Waals surface area (Å²) >= 11 is 3.49. The van der Waals surface area contributed by atoms with Gasteiger partial charge in [-0.15, -0.1) is 0 Å². The molecule has 1 saturated carbocycles. The Balaban J connectivity index is 2.21. The molecule has 1 amide bonds. The molecule has 1 atom stereocenters. The first kappa shape index (κ1) is 13.6. The second-order valence-electron chi connectivity index (χ2n) is 5.45. The highest BCUT2D eigenvalue weighted by atomic mass is 79.9. The third kappa shape index (κ3) is 2.59. The average molecular weight is 311 g/mol. The molecule has 0 aliphatic heterocycles. The quantitative estimate of drug-likeness (QED) is 0.901. The molecule has 1 aromatic rings. The molecule has 0 aromatic heterocycles. The normalized spacial score (nSPS) is 18.3. The van der Waals surface area contributed by atoms with Crippen LogP contribution in [0.5, 0.6) is 0 Å². The van der Waals surface area contributed by atoms with E-state index in [4.69, 9.17) is 5.73 Å². The van der Waals surface area contributed by atoms with E-state index in [9.17, 15) is 4.79 Å². The lowest BCUT2D eigenvalue weighted by molar-refractivity contribution is -0.121. The molecule has 0 spiro atoms. The minimum Gasteiger partial charge on any atom is -0.323 e. The van der Waals surface area contributed by atoms with Crippen LogP contribution in [0.4, 0.5) is 5.69 Å². The van der Waals surface area contributed by atoms with Gasteiger partial charge < -0.3 is 11.1 Å². The van der Waals surface area contributed by atoms with Crippen molar-refractivity contribution in [2.45, 2.75) is 39.2 Å². The number of halogens is 1. The molecule has 2 rings (SSSR count). The molecule has 18 heavy (non-hydrogen) atoms. The number of rotatable bonds is 3.